The molecule has 0 saturated carbocycles. The lowest BCUT2D eigenvalue weighted by molar-refractivity contribution is -0.384. The van der Waals surface area contributed by atoms with Gasteiger partial charge >= 0.3 is 0 Å². The number of hydrogen-bond acceptors (Lipinski definition) is 5. The number of hydrogen-bond donors (Lipinski definition) is 0. The lowest BCUT2D eigenvalue weighted by atomic mass is 9.86. The van der Waals surface area contributed by atoms with Gasteiger partial charge in [0.1, 0.15) is 0 Å². The number of nitro benzene ring substituents is 1. The third-order valence-electron chi connectivity index (χ3n) is 3.21. The molecule has 1 aromatic rings. The third kappa shape index (κ3) is 5.44. The quantitative estimate of drug-likeness (QED) is 0.589. The van der Waals surface area contributed by atoms with Crippen LogP contribution in [0.25, 0.3) is 0 Å². The van der Waals surface area contributed by atoms with Crippen molar-refractivity contribution in [2.45, 2.75) is 47.5 Å². The fraction of sp³-hybridized carbons (Fsp3) is 0.556. The average molecular weight is 332 g/mol. The zero-order chi connectivity index (χ0) is 18.5. The molecular formula is C18H28N4O2. The van der Waals surface area contributed by atoms with Gasteiger partial charge in [0.25, 0.3) is 5.69 Å². The number of benzene rings is 1. The van der Waals surface area contributed by atoms with Gasteiger partial charge in [-0.1, -0.05) is 34.6 Å². The van der Waals surface area contributed by atoms with Gasteiger partial charge in [-0.15, -0.1) is 0 Å². The number of rotatable bonds is 3. The Morgan fingerprint density at radius 2 is 1.92 bits per heavy atom. The average Bonchev–Trinajstić information content (AvgIpc) is 2.46. The van der Waals surface area contributed by atoms with E-state index >= 15 is 0 Å². The van der Waals surface area contributed by atoms with Crippen molar-refractivity contribution in [1.29, 1.82) is 0 Å². The summed E-state index contributed by atoms with van der Waals surface area (Å²) in [4.78, 5) is 15.3. The minimum absolute atomic E-state index is 0.0691. The Hall–Kier alpha value is -2.24. The molecule has 1 heterocycles. The maximum atomic E-state index is 11.0. The fourth-order valence-electron chi connectivity index (χ4n) is 2.51. The normalized spacial score (nSPS) is 15.1. The molecule has 0 aromatic heterocycles. The first-order valence-electron chi connectivity index (χ1n) is 8.26. The van der Waals surface area contributed by atoms with Crippen LogP contribution in [-0.2, 0) is 0 Å². The van der Waals surface area contributed by atoms with E-state index in [1.807, 2.05) is 27.9 Å². The Morgan fingerprint density at radius 3 is 2.42 bits per heavy atom. The lowest BCUT2D eigenvalue weighted by Gasteiger charge is -2.24. The number of nitrogens with zero attached hydrogens (tertiary/aromatic N) is 4. The molecule has 1 aliphatic rings. The van der Waals surface area contributed by atoms with Crippen LogP contribution in [0.2, 0.25) is 0 Å². The van der Waals surface area contributed by atoms with E-state index in [9.17, 15) is 10.1 Å². The Kier molecular flexibility index (Phi) is 6.63. The number of non-ortho nitro benzene ring substituents is 1. The second-order valence-corrected chi connectivity index (χ2v) is 6.94. The van der Waals surface area contributed by atoms with Crippen molar-refractivity contribution in [3.63, 3.8) is 0 Å². The van der Waals surface area contributed by atoms with Crippen LogP contribution in [-0.4, -0.2) is 35.5 Å². The summed E-state index contributed by atoms with van der Waals surface area (Å²) in [6.07, 6.45) is 1.50. The van der Waals surface area contributed by atoms with E-state index in [-0.39, 0.29) is 16.0 Å². The Balaban J connectivity index is 0.00000139. The minimum Gasteiger partial charge on any atom is -0.303 e. The van der Waals surface area contributed by atoms with Crippen molar-refractivity contribution < 1.29 is 4.92 Å². The van der Waals surface area contributed by atoms with Crippen LogP contribution in [0, 0.1) is 15.5 Å². The van der Waals surface area contributed by atoms with Gasteiger partial charge in [-0.05, 0) is 17.9 Å². The van der Waals surface area contributed by atoms with Crippen LogP contribution in [0.15, 0.2) is 28.3 Å². The third-order valence-corrected chi connectivity index (χ3v) is 3.21. The molecule has 0 fully saturated rings. The highest BCUT2D eigenvalue weighted by atomic mass is 16.6. The summed E-state index contributed by atoms with van der Waals surface area (Å²) in [5.74, 6) is 0. The molecule has 0 bridgehead atoms. The topological polar surface area (TPSA) is 71.1 Å². The first-order valence-corrected chi connectivity index (χ1v) is 8.26. The van der Waals surface area contributed by atoms with Crippen LogP contribution < -0.4 is 0 Å². The standard InChI is InChI=1S/C16H22N4O2.C2H6/c1-16(2,3)10-11-8-15(18-19(4)5)13-9-12(20(21)22)6-7-14(13)17-11;1-2/h6-7,9H,8,10H2,1-5H3;1-2H3/b18-15+;. The number of hydrazone groups is 1. The van der Waals surface area contributed by atoms with Crippen LogP contribution >= 0.6 is 0 Å². The molecule has 6 nitrogen and oxygen atoms in total. The maximum absolute atomic E-state index is 11.0. The highest BCUT2D eigenvalue weighted by Gasteiger charge is 2.24. The lowest BCUT2D eigenvalue weighted by Crippen LogP contribution is -2.22. The highest BCUT2D eigenvalue weighted by molar-refractivity contribution is 6.18. The van der Waals surface area contributed by atoms with Gasteiger partial charge < -0.3 is 5.01 Å². The molecule has 0 atom stereocenters. The second kappa shape index (κ2) is 8.04. The van der Waals surface area contributed by atoms with Crippen molar-refractivity contribution >= 4 is 22.8 Å². The van der Waals surface area contributed by atoms with Crippen molar-refractivity contribution in [3.8, 4) is 0 Å². The van der Waals surface area contributed by atoms with E-state index in [0.717, 1.165) is 29.1 Å². The van der Waals surface area contributed by atoms with Gasteiger partial charge in [0.2, 0.25) is 0 Å². The zero-order valence-electron chi connectivity index (χ0n) is 15.8. The van der Waals surface area contributed by atoms with E-state index in [2.05, 4.69) is 30.9 Å². The van der Waals surface area contributed by atoms with E-state index in [0.29, 0.717) is 6.42 Å². The molecule has 0 saturated heterocycles. The van der Waals surface area contributed by atoms with Crippen molar-refractivity contribution in [2.75, 3.05) is 14.1 Å². The number of fused-ring (bicyclic) bond motifs is 1. The Morgan fingerprint density at radius 1 is 1.29 bits per heavy atom. The van der Waals surface area contributed by atoms with E-state index < -0.39 is 0 Å². The summed E-state index contributed by atoms with van der Waals surface area (Å²) in [5.41, 5.74) is 3.62. The molecule has 132 valence electrons. The van der Waals surface area contributed by atoms with Crippen LogP contribution in [0.5, 0.6) is 0 Å². The van der Waals surface area contributed by atoms with Crippen LogP contribution in [0.4, 0.5) is 11.4 Å². The molecule has 0 unspecified atom stereocenters. The predicted octanol–water partition coefficient (Wildman–Crippen LogP) is 4.80. The summed E-state index contributed by atoms with van der Waals surface area (Å²) < 4.78 is 0. The summed E-state index contributed by atoms with van der Waals surface area (Å²) in [7, 11) is 3.69. The zero-order valence-corrected chi connectivity index (χ0v) is 15.8. The fourth-order valence-corrected chi connectivity index (χ4v) is 2.51. The van der Waals surface area contributed by atoms with E-state index in [1.54, 1.807) is 17.1 Å². The minimum atomic E-state index is -0.387. The van der Waals surface area contributed by atoms with Crippen molar-refractivity contribution in [1.82, 2.24) is 5.01 Å². The van der Waals surface area contributed by atoms with E-state index in [1.165, 1.54) is 6.07 Å². The predicted molar refractivity (Wildman–Crippen MR) is 100 cm³/mol. The van der Waals surface area contributed by atoms with Crippen LogP contribution in [0.3, 0.4) is 0 Å². The first kappa shape index (κ1) is 19.8. The Bertz CT molecular complexity index is 655. The molecule has 0 radical (unpaired) electrons. The second-order valence-electron chi connectivity index (χ2n) is 6.94. The van der Waals surface area contributed by atoms with Gasteiger partial charge in [0.15, 0.2) is 0 Å². The Labute approximate surface area is 144 Å². The smallest absolute Gasteiger partial charge is 0.270 e. The van der Waals surface area contributed by atoms with Gasteiger partial charge in [0, 0.05) is 43.9 Å². The SMILES string of the molecule is CC.CN(C)/N=C1\CC(CC(C)(C)C)=Nc2ccc([N+](=O)[O-])cc21. The van der Waals surface area contributed by atoms with Gasteiger partial charge in [-0.25, -0.2) is 0 Å². The van der Waals surface area contributed by atoms with Gasteiger partial charge in [-0.2, -0.15) is 5.10 Å². The highest BCUT2D eigenvalue weighted by Crippen LogP contribution is 2.33. The molecule has 2 rings (SSSR count). The summed E-state index contributed by atoms with van der Waals surface area (Å²) >= 11 is 0. The summed E-state index contributed by atoms with van der Waals surface area (Å²) in [6, 6.07) is 4.77. The monoisotopic (exact) mass is 332 g/mol. The summed E-state index contributed by atoms with van der Waals surface area (Å²) in [5, 5.41) is 17.2. The van der Waals surface area contributed by atoms with Crippen molar-refractivity contribution in [3.05, 3.63) is 33.9 Å². The molecule has 0 spiro atoms. The molecule has 6 heteroatoms. The number of aliphatic imine (C=N–C) groups is 1. The molecular weight excluding hydrogens is 304 g/mol. The molecule has 1 aromatic carbocycles. The van der Waals surface area contributed by atoms with E-state index in [4.69, 9.17) is 0 Å². The largest absolute Gasteiger partial charge is 0.303 e. The summed E-state index contributed by atoms with van der Waals surface area (Å²) in [6.45, 7) is 10.5. The first-order chi connectivity index (χ1) is 11.2. The van der Waals surface area contributed by atoms with Gasteiger partial charge in [0.05, 0.1) is 16.3 Å². The molecule has 24 heavy (non-hydrogen) atoms. The molecule has 0 amide bonds. The van der Waals surface area contributed by atoms with Crippen LogP contribution in [0.1, 0.15) is 53.0 Å². The molecule has 0 N–H and O–H groups in total. The van der Waals surface area contributed by atoms with Crippen molar-refractivity contribution in [2.24, 2.45) is 15.5 Å². The molecule has 1 aliphatic heterocycles. The molecule has 0 aliphatic carbocycles. The van der Waals surface area contributed by atoms with Gasteiger partial charge in [-0.3, -0.25) is 15.1 Å². The maximum Gasteiger partial charge on any atom is 0.270 e. The number of nitro groups is 1.